The Hall–Kier alpha value is -3.56. The number of benzene rings is 1. The molecule has 8 nitrogen and oxygen atoms in total. The van der Waals surface area contributed by atoms with E-state index >= 15 is 4.39 Å². The van der Waals surface area contributed by atoms with Gasteiger partial charge in [0.05, 0.1) is 35.8 Å². The Bertz CT molecular complexity index is 1340. The summed E-state index contributed by atoms with van der Waals surface area (Å²) in [6.45, 7) is 5.65. The van der Waals surface area contributed by atoms with Crippen molar-refractivity contribution in [3.63, 3.8) is 0 Å². The van der Waals surface area contributed by atoms with E-state index in [1.54, 1.807) is 32.9 Å². The lowest BCUT2D eigenvalue weighted by atomic mass is 10.0. The van der Waals surface area contributed by atoms with Gasteiger partial charge in [-0.2, -0.15) is 0 Å². The van der Waals surface area contributed by atoms with Crippen molar-refractivity contribution in [3.05, 3.63) is 41.1 Å². The number of fused-ring (bicyclic) bond motifs is 1. The molecule has 1 aliphatic carbocycles. The Morgan fingerprint density at radius 1 is 1.22 bits per heavy atom. The van der Waals surface area contributed by atoms with E-state index in [9.17, 15) is 14.0 Å². The third-order valence-corrected chi connectivity index (χ3v) is 6.92. The van der Waals surface area contributed by atoms with E-state index in [0.717, 1.165) is 12.8 Å². The molecule has 1 saturated heterocycles. The van der Waals surface area contributed by atoms with Crippen LogP contribution in [-0.4, -0.2) is 63.6 Å². The van der Waals surface area contributed by atoms with Gasteiger partial charge in [0.15, 0.2) is 0 Å². The normalized spacial score (nSPS) is 19.6. The predicted octanol–water partition coefficient (Wildman–Crippen LogP) is 3.86. The van der Waals surface area contributed by atoms with Crippen LogP contribution in [0.1, 0.15) is 47.8 Å². The predicted molar refractivity (Wildman–Crippen MR) is 130 cm³/mol. The zero-order valence-corrected chi connectivity index (χ0v) is 20.5. The molecule has 2 aromatic heterocycles. The number of nitrogens with zero attached hydrogens (tertiary/aromatic N) is 3. The van der Waals surface area contributed by atoms with Crippen LogP contribution >= 0.6 is 0 Å². The van der Waals surface area contributed by atoms with Gasteiger partial charge in [-0.15, -0.1) is 0 Å². The van der Waals surface area contributed by atoms with E-state index in [4.69, 9.17) is 4.74 Å². The summed E-state index contributed by atoms with van der Waals surface area (Å²) in [5.41, 5.74) is 2.37. The summed E-state index contributed by atoms with van der Waals surface area (Å²) in [7, 11) is 0. The SMILES string of the molecule is CCC(=O)N1C[C@@H](F)[C@@H](NC(=O)c2c(C)[nH]c3c(-c4c(OCC5CC5)ccc(C)c4F)ncnc23)C1. The minimum Gasteiger partial charge on any atom is -0.492 e. The molecular weight excluding hydrogens is 468 g/mol. The minimum atomic E-state index is -1.37. The van der Waals surface area contributed by atoms with Crippen molar-refractivity contribution in [2.75, 3.05) is 19.7 Å². The average Bonchev–Trinajstić information content (AvgIpc) is 3.53. The zero-order valence-electron chi connectivity index (χ0n) is 20.5. The quantitative estimate of drug-likeness (QED) is 0.516. The molecule has 36 heavy (non-hydrogen) atoms. The van der Waals surface area contributed by atoms with Gasteiger partial charge in [-0.05, 0) is 44.2 Å². The van der Waals surface area contributed by atoms with Crippen LogP contribution < -0.4 is 10.1 Å². The number of H-pyrrole nitrogens is 1. The first-order valence-corrected chi connectivity index (χ1v) is 12.3. The molecular formula is C26H29F2N5O3. The molecule has 3 aromatic rings. The number of ether oxygens (including phenoxy) is 1. The molecule has 0 radical (unpaired) electrons. The maximum absolute atomic E-state index is 15.4. The van der Waals surface area contributed by atoms with E-state index < -0.39 is 23.9 Å². The molecule has 0 unspecified atom stereocenters. The lowest BCUT2D eigenvalue weighted by molar-refractivity contribution is -0.130. The Labute approximate surface area is 207 Å². The number of carbonyl (C=O) groups excluding carboxylic acids is 2. The summed E-state index contributed by atoms with van der Waals surface area (Å²) < 4.78 is 36.0. The topological polar surface area (TPSA) is 100 Å². The second-order valence-electron chi connectivity index (χ2n) is 9.64. The van der Waals surface area contributed by atoms with E-state index in [2.05, 4.69) is 20.3 Å². The molecule has 0 spiro atoms. The number of aromatic amines is 1. The van der Waals surface area contributed by atoms with E-state index in [1.807, 2.05) is 0 Å². The van der Waals surface area contributed by atoms with Gasteiger partial charge in [-0.3, -0.25) is 9.59 Å². The molecule has 1 aliphatic heterocycles. The zero-order chi connectivity index (χ0) is 25.6. The number of likely N-dealkylation sites (tertiary alicyclic amines) is 1. The number of hydrogen-bond donors (Lipinski definition) is 2. The highest BCUT2D eigenvalue weighted by molar-refractivity contribution is 6.09. The van der Waals surface area contributed by atoms with Crippen molar-refractivity contribution >= 4 is 22.8 Å². The largest absolute Gasteiger partial charge is 0.492 e. The lowest BCUT2D eigenvalue weighted by Gasteiger charge is -2.16. The van der Waals surface area contributed by atoms with Crippen LogP contribution in [0.25, 0.3) is 22.3 Å². The molecule has 2 N–H and O–H groups in total. The number of rotatable bonds is 7. The second-order valence-corrected chi connectivity index (χ2v) is 9.64. The first-order chi connectivity index (χ1) is 17.3. The number of hydrogen-bond acceptors (Lipinski definition) is 5. The Morgan fingerprint density at radius 2 is 2.00 bits per heavy atom. The number of aryl methyl sites for hydroxylation is 2. The van der Waals surface area contributed by atoms with Crippen LogP contribution in [0, 0.1) is 25.6 Å². The fourth-order valence-corrected chi connectivity index (χ4v) is 4.65. The molecule has 5 rings (SSSR count). The number of amides is 2. The van der Waals surface area contributed by atoms with Gasteiger partial charge in [0.1, 0.15) is 35.3 Å². The molecule has 2 amide bonds. The highest BCUT2D eigenvalue weighted by Gasteiger charge is 2.37. The highest BCUT2D eigenvalue weighted by atomic mass is 19.1. The van der Waals surface area contributed by atoms with Crippen LogP contribution in [0.2, 0.25) is 0 Å². The number of aromatic nitrogens is 3. The van der Waals surface area contributed by atoms with E-state index in [0.29, 0.717) is 40.6 Å². The highest BCUT2D eigenvalue weighted by Crippen LogP contribution is 2.39. The lowest BCUT2D eigenvalue weighted by Crippen LogP contribution is -2.42. The van der Waals surface area contributed by atoms with Gasteiger partial charge >= 0.3 is 0 Å². The van der Waals surface area contributed by atoms with Crippen molar-refractivity contribution in [1.29, 1.82) is 0 Å². The molecule has 190 valence electrons. The molecule has 1 aromatic carbocycles. The van der Waals surface area contributed by atoms with Gasteiger partial charge in [0.25, 0.3) is 5.91 Å². The van der Waals surface area contributed by atoms with Gasteiger partial charge < -0.3 is 19.9 Å². The number of alkyl halides is 1. The maximum Gasteiger partial charge on any atom is 0.255 e. The summed E-state index contributed by atoms with van der Waals surface area (Å²) in [4.78, 5) is 38.4. The van der Waals surface area contributed by atoms with Crippen LogP contribution in [0.5, 0.6) is 5.75 Å². The Morgan fingerprint density at radius 3 is 2.72 bits per heavy atom. The number of carbonyl (C=O) groups is 2. The van der Waals surface area contributed by atoms with Crippen LogP contribution in [-0.2, 0) is 4.79 Å². The summed E-state index contributed by atoms with van der Waals surface area (Å²) in [6.07, 6.45) is 2.38. The van der Waals surface area contributed by atoms with Crippen LogP contribution in [0.4, 0.5) is 8.78 Å². The summed E-state index contributed by atoms with van der Waals surface area (Å²) in [6, 6.07) is 2.58. The van der Waals surface area contributed by atoms with E-state index in [1.165, 1.54) is 11.2 Å². The maximum atomic E-state index is 15.4. The number of nitrogens with one attached hydrogen (secondary N) is 2. The smallest absolute Gasteiger partial charge is 0.255 e. The molecule has 2 atom stereocenters. The molecule has 0 bridgehead atoms. The summed E-state index contributed by atoms with van der Waals surface area (Å²) >= 11 is 0. The van der Waals surface area contributed by atoms with Crippen LogP contribution in [0.3, 0.4) is 0 Å². The van der Waals surface area contributed by atoms with Crippen molar-refractivity contribution in [3.8, 4) is 17.0 Å². The minimum absolute atomic E-state index is 0.0485. The standard InChI is InChI=1S/C26H29F2N5O3/c1-4-19(34)33-9-16(27)17(10-33)32-26(35)20-14(3)31-25-23(20)29-12-30-24(25)21-18(36-11-15-6-7-15)8-5-13(2)22(21)28/h5,8,12,15-17,31H,4,6-7,9-11H2,1-3H3,(H,32,35)/t16-,17+/m1/s1. The van der Waals surface area contributed by atoms with Crippen molar-refractivity contribution in [2.45, 2.75) is 52.2 Å². The first-order valence-electron chi connectivity index (χ1n) is 12.3. The van der Waals surface area contributed by atoms with Gasteiger partial charge in [0.2, 0.25) is 5.91 Å². The molecule has 10 heteroatoms. The van der Waals surface area contributed by atoms with Crippen molar-refractivity contribution in [2.24, 2.45) is 5.92 Å². The third-order valence-electron chi connectivity index (χ3n) is 6.92. The fourth-order valence-electron chi connectivity index (χ4n) is 4.65. The van der Waals surface area contributed by atoms with Crippen molar-refractivity contribution in [1.82, 2.24) is 25.2 Å². The first kappa shape index (κ1) is 24.1. The van der Waals surface area contributed by atoms with Gasteiger partial charge in [0, 0.05) is 18.7 Å². The van der Waals surface area contributed by atoms with Crippen LogP contribution in [0.15, 0.2) is 18.5 Å². The van der Waals surface area contributed by atoms with Gasteiger partial charge in [-0.25, -0.2) is 18.7 Å². The molecule has 2 aliphatic rings. The van der Waals surface area contributed by atoms with Gasteiger partial charge in [-0.1, -0.05) is 13.0 Å². The molecule has 2 fully saturated rings. The molecule has 3 heterocycles. The average molecular weight is 498 g/mol. The summed E-state index contributed by atoms with van der Waals surface area (Å²) in [5.74, 6) is -0.260. The number of halogens is 2. The second kappa shape index (κ2) is 9.48. The van der Waals surface area contributed by atoms with E-state index in [-0.39, 0.29) is 42.2 Å². The Kier molecular flexibility index (Phi) is 6.36. The summed E-state index contributed by atoms with van der Waals surface area (Å²) in [5, 5.41) is 2.72. The fraction of sp³-hybridized carbons (Fsp3) is 0.462. The Balaban J connectivity index is 1.49. The van der Waals surface area contributed by atoms with Crippen molar-refractivity contribution < 1.29 is 23.1 Å². The third kappa shape index (κ3) is 4.40. The molecule has 1 saturated carbocycles. The monoisotopic (exact) mass is 497 g/mol.